The molecule has 0 spiro atoms. The fourth-order valence-corrected chi connectivity index (χ4v) is 5.29. The first-order chi connectivity index (χ1) is 18.7. The van der Waals surface area contributed by atoms with Crippen molar-refractivity contribution < 1.29 is 22.8 Å². The summed E-state index contributed by atoms with van der Waals surface area (Å²) in [6.45, 7) is 8.90. The number of hydrogen-bond donors (Lipinski definition) is 1. The van der Waals surface area contributed by atoms with Gasteiger partial charge >= 0.3 is 6.18 Å². The average molecular weight is 547 g/mol. The van der Waals surface area contributed by atoms with Crippen molar-refractivity contribution in [3.63, 3.8) is 0 Å². The van der Waals surface area contributed by atoms with E-state index in [-0.39, 0.29) is 30.6 Å². The van der Waals surface area contributed by atoms with Gasteiger partial charge in [-0.25, -0.2) is 0 Å². The van der Waals surface area contributed by atoms with Gasteiger partial charge in [-0.05, 0) is 64.0 Å². The lowest BCUT2D eigenvalue weighted by Crippen LogP contribution is -2.41. The molecule has 2 amide bonds. The lowest BCUT2D eigenvalue weighted by Gasteiger charge is -2.28. The molecule has 1 saturated heterocycles. The number of likely N-dealkylation sites (N-methyl/N-ethyl adjacent to an activating group) is 2. The number of benzene rings is 1. The number of nitrogens with zero attached hydrogens (tertiary/aromatic N) is 5. The van der Waals surface area contributed by atoms with Crippen LogP contribution in [0.1, 0.15) is 48.3 Å². The highest BCUT2D eigenvalue weighted by Gasteiger charge is 2.35. The predicted octanol–water partition coefficient (Wildman–Crippen LogP) is 3.94. The topological polar surface area (TPSA) is 72.0 Å². The Kier molecular flexibility index (Phi) is 9.32. The third-order valence-corrected chi connectivity index (χ3v) is 7.48. The molecule has 0 atom stereocenters. The molecule has 8 nitrogen and oxygen atoms in total. The summed E-state index contributed by atoms with van der Waals surface area (Å²) in [6.07, 6.45) is -1.08. The van der Waals surface area contributed by atoms with Gasteiger partial charge in [0.15, 0.2) is 0 Å². The molecule has 1 aromatic heterocycles. The molecule has 39 heavy (non-hydrogen) atoms. The highest BCUT2D eigenvalue weighted by Crippen LogP contribution is 2.34. The minimum atomic E-state index is -4.56. The van der Waals surface area contributed by atoms with Gasteiger partial charge in [-0.3, -0.25) is 14.6 Å². The van der Waals surface area contributed by atoms with Crippen LogP contribution in [0.3, 0.4) is 0 Å². The van der Waals surface area contributed by atoms with Crippen molar-refractivity contribution in [3.05, 3.63) is 53.3 Å². The molecule has 0 bridgehead atoms. The number of likely N-dealkylation sites (tertiary alicyclic amines) is 1. The number of aromatic nitrogens is 1. The molecular formula is C28H37F3N6O2. The standard InChI is InChI=1S/C28H37F3N6O2/c1-3-35-17-18-36(4-2)27(39)21-9-7-11-23(26(21)35)33-19-25(38)37(16-15-34-13-5-6-14-34)20-24-22(28(29,30)31)10-8-12-32-24/h7-12,33H,3-6,13-20H2,1-2H3. The number of amides is 2. The second-order valence-corrected chi connectivity index (χ2v) is 9.88. The molecule has 2 aromatic rings. The van der Waals surface area contributed by atoms with Crippen molar-refractivity contribution in [2.24, 2.45) is 0 Å². The van der Waals surface area contributed by atoms with Crippen LogP contribution < -0.4 is 10.2 Å². The highest BCUT2D eigenvalue weighted by molar-refractivity contribution is 6.03. The van der Waals surface area contributed by atoms with Crippen molar-refractivity contribution in [2.75, 3.05) is 69.1 Å². The number of alkyl halides is 3. The molecule has 0 aliphatic carbocycles. The summed E-state index contributed by atoms with van der Waals surface area (Å²) in [5, 5.41) is 3.20. The summed E-state index contributed by atoms with van der Waals surface area (Å²) < 4.78 is 40.9. The Morgan fingerprint density at radius 1 is 1.03 bits per heavy atom. The van der Waals surface area contributed by atoms with Gasteiger partial charge in [0.1, 0.15) is 0 Å². The number of nitrogens with one attached hydrogen (secondary N) is 1. The molecule has 1 N–H and O–H groups in total. The number of rotatable bonds is 10. The van der Waals surface area contributed by atoms with E-state index in [1.165, 1.54) is 17.2 Å². The van der Waals surface area contributed by atoms with Crippen molar-refractivity contribution in [1.82, 2.24) is 19.7 Å². The molecule has 0 unspecified atom stereocenters. The first-order valence-electron chi connectivity index (χ1n) is 13.6. The molecule has 3 heterocycles. The molecule has 4 rings (SSSR count). The van der Waals surface area contributed by atoms with Crippen molar-refractivity contribution in [1.29, 1.82) is 0 Å². The fraction of sp³-hybridized carbons (Fsp3) is 0.536. The molecule has 11 heteroatoms. The van der Waals surface area contributed by atoms with Crippen LogP contribution in [0.4, 0.5) is 24.5 Å². The number of carbonyl (C=O) groups excluding carboxylic acids is 2. The largest absolute Gasteiger partial charge is 0.418 e. The molecule has 0 radical (unpaired) electrons. The Morgan fingerprint density at radius 3 is 2.44 bits per heavy atom. The number of halogens is 3. The first-order valence-corrected chi connectivity index (χ1v) is 13.6. The van der Waals surface area contributed by atoms with Crippen molar-refractivity contribution >= 4 is 23.2 Å². The summed E-state index contributed by atoms with van der Waals surface area (Å²) in [6, 6.07) is 7.66. The van der Waals surface area contributed by atoms with E-state index >= 15 is 0 Å². The second-order valence-electron chi connectivity index (χ2n) is 9.88. The van der Waals surface area contributed by atoms with E-state index in [0.29, 0.717) is 50.5 Å². The maximum absolute atomic E-state index is 13.6. The molecule has 1 aromatic carbocycles. The Labute approximate surface area is 227 Å². The molecule has 2 aliphatic rings. The summed E-state index contributed by atoms with van der Waals surface area (Å²) in [7, 11) is 0. The van der Waals surface area contributed by atoms with Crippen LogP contribution >= 0.6 is 0 Å². The van der Waals surface area contributed by atoms with Gasteiger partial charge in [0.05, 0.1) is 41.3 Å². The van der Waals surface area contributed by atoms with Gasteiger partial charge in [-0.15, -0.1) is 0 Å². The van der Waals surface area contributed by atoms with Crippen LogP contribution in [0.2, 0.25) is 0 Å². The Bertz CT molecular complexity index is 1150. The van der Waals surface area contributed by atoms with Gasteiger partial charge in [-0.1, -0.05) is 6.07 Å². The van der Waals surface area contributed by atoms with Crippen LogP contribution in [0.15, 0.2) is 36.5 Å². The zero-order valence-corrected chi connectivity index (χ0v) is 22.6. The fourth-order valence-electron chi connectivity index (χ4n) is 5.29. The van der Waals surface area contributed by atoms with Crippen molar-refractivity contribution in [3.8, 4) is 0 Å². The minimum absolute atomic E-state index is 0.0551. The van der Waals surface area contributed by atoms with E-state index in [9.17, 15) is 22.8 Å². The number of fused-ring (bicyclic) bond motifs is 1. The molecule has 2 aliphatic heterocycles. The van der Waals surface area contributed by atoms with Crippen LogP contribution in [0.5, 0.6) is 0 Å². The number of carbonyl (C=O) groups is 2. The normalized spacial score (nSPS) is 16.3. The van der Waals surface area contributed by atoms with Crippen molar-refractivity contribution in [2.45, 2.75) is 39.4 Å². The number of para-hydroxylation sites is 1. The minimum Gasteiger partial charge on any atom is -0.374 e. The average Bonchev–Trinajstić information content (AvgIpc) is 3.40. The van der Waals surface area contributed by atoms with E-state index in [0.717, 1.165) is 37.7 Å². The summed E-state index contributed by atoms with van der Waals surface area (Å²) in [5.74, 6) is -0.385. The molecule has 1 fully saturated rings. The van der Waals surface area contributed by atoms with E-state index < -0.39 is 11.7 Å². The monoisotopic (exact) mass is 546 g/mol. The lowest BCUT2D eigenvalue weighted by molar-refractivity contribution is -0.140. The number of pyridine rings is 1. The summed E-state index contributed by atoms with van der Waals surface area (Å²) in [5.41, 5.74) is 0.977. The number of anilines is 2. The Balaban J connectivity index is 1.55. The third-order valence-electron chi connectivity index (χ3n) is 7.48. The number of hydrogen-bond acceptors (Lipinski definition) is 6. The second kappa shape index (κ2) is 12.7. The van der Waals surface area contributed by atoms with E-state index in [1.54, 1.807) is 17.0 Å². The van der Waals surface area contributed by atoms with Gasteiger partial charge < -0.3 is 24.9 Å². The molecule has 0 saturated carbocycles. The SMILES string of the molecule is CCN1CCN(CC)c2c(NCC(=O)N(CCN3CCCC3)Cc3ncccc3C(F)(F)F)cccc2C1=O. The molecular weight excluding hydrogens is 509 g/mol. The molecule has 212 valence electrons. The van der Waals surface area contributed by atoms with Gasteiger partial charge in [-0.2, -0.15) is 13.2 Å². The zero-order valence-electron chi connectivity index (χ0n) is 22.6. The first kappa shape index (κ1) is 28.7. The Hall–Kier alpha value is -3.34. The Morgan fingerprint density at radius 2 is 1.74 bits per heavy atom. The van der Waals surface area contributed by atoms with Gasteiger partial charge in [0, 0.05) is 45.5 Å². The van der Waals surface area contributed by atoms with Gasteiger partial charge in [0.25, 0.3) is 5.91 Å². The van der Waals surface area contributed by atoms with Crippen LogP contribution in [0.25, 0.3) is 0 Å². The lowest BCUT2D eigenvalue weighted by atomic mass is 10.1. The van der Waals surface area contributed by atoms with Crippen LogP contribution in [0, 0.1) is 0 Å². The van der Waals surface area contributed by atoms with E-state index in [1.807, 2.05) is 19.9 Å². The smallest absolute Gasteiger partial charge is 0.374 e. The summed E-state index contributed by atoms with van der Waals surface area (Å²) >= 11 is 0. The van der Waals surface area contributed by atoms with Crippen LogP contribution in [-0.4, -0.2) is 90.4 Å². The third kappa shape index (κ3) is 6.81. The van der Waals surface area contributed by atoms with Gasteiger partial charge in [0.2, 0.25) is 5.91 Å². The van der Waals surface area contributed by atoms with Crippen LogP contribution in [-0.2, 0) is 17.5 Å². The predicted molar refractivity (Wildman–Crippen MR) is 145 cm³/mol. The van der Waals surface area contributed by atoms with E-state index in [2.05, 4.69) is 20.1 Å². The zero-order chi connectivity index (χ0) is 28.0. The quantitative estimate of drug-likeness (QED) is 0.487. The van der Waals surface area contributed by atoms with E-state index in [4.69, 9.17) is 0 Å². The maximum Gasteiger partial charge on any atom is 0.418 e. The highest BCUT2D eigenvalue weighted by atomic mass is 19.4. The maximum atomic E-state index is 13.6. The summed E-state index contributed by atoms with van der Waals surface area (Å²) in [4.78, 5) is 38.2.